The highest BCUT2D eigenvalue weighted by Gasteiger charge is 2.30. The Morgan fingerprint density at radius 1 is 1.16 bits per heavy atom. The van der Waals surface area contributed by atoms with Crippen molar-refractivity contribution in [3.8, 4) is 0 Å². The highest BCUT2D eigenvalue weighted by Crippen LogP contribution is 2.31. The molecule has 0 aromatic heterocycles. The van der Waals surface area contributed by atoms with Crippen molar-refractivity contribution in [1.29, 1.82) is 0 Å². The van der Waals surface area contributed by atoms with Crippen LogP contribution in [0.2, 0.25) is 0 Å². The predicted molar refractivity (Wildman–Crippen MR) is 118 cm³/mol. The van der Waals surface area contributed by atoms with E-state index in [0.29, 0.717) is 23.2 Å². The number of fused-ring (bicyclic) bond motifs is 2. The molecule has 0 amide bonds. The molecule has 1 aliphatic heterocycles. The van der Waals surface area contributed by atoms with E-state index < -0.39 is 0 Å². The number of aliphatic imine (C=N–C) groups is 1. The molecule has 0 spiro atoms. The molecule has 0 saturated heterocycles. The van der Waals surface area contributed by atoms with Crippen molar-refractivity contribution in [2.24, 2.45) is 10.9 Å². The summed E-state index contributed by atoms with van der Waals surface area (Å²) in [4.78, 5) is 16.0. The van der Waals surface area contributed by atoms with E-state index in [1.165, 1.54) is 3.58 Å². The normalized spacial score (nSPS) is 35.4. The van der Waals surface area contributed by atoms with E-state index in [0.717, 1.165) is 12.1 Å². The Hall–Kier alpha value is 0.510. The molecule has 1 heterocycles. The molecule has 2 aliphatic carbocycles. The third-order valence-corrected chi connectivity index (χ3v) is 6.18. The summed E-state index contributed by atoms with van der Waals surface area (Å²) in [7, 11) is 0. The number of hydrogen-bond acceptors (Lipinski definition) is 5. The average molecular weight is 608 g/mol. The third kappa shape index (κ3) is 5.50. The fraction of sp³-hybridized carbons (Fsp3) is 0.438. The van der Waals surface area contributed by atoms with Gasteiger partial charge in [0, 0.05) is 39.4 Å². The van der Waals surface area contributed by atoms with E-state index in [1.807, 2.05) is 12.3 Å². The molecule has 9 heteroatoms. The molecule has 4 unspecified atom stereocenters. The topological polar surface area (TPSA) is 54.9 Å². The zero-order chi connectivity index (χ0) is 17.8. The first-order valence-corrected chi connectivity index (χ1v) is 10.9. The van der Waals surface area contributed by atoms with Crippen LogP contribution >= 0.6 is 68.4 Å². The zero-order valence-corrected chi connectivity index (χ0v) is 18.9. The molecule has 2 N–H and O–H groups in total. The number of nitrogens with zero attached hydrogens (tertiary/aromatic N) is 1. The van der Waals surface area contributed by atoms with Gasteiger partial charge in [0.25, 0.3) is 0 Å². The van der Waals surface area contributed by atoms with Crippen LogP contribution in [0.15, 0.2) is 48.5 Å². The Balaban J connectivity index is 1.77. The van der Waals surface area contributed by atoms with Crippen LogP contribution in [0.4, 0.5) is 0 Å². The molecule has 0 fully saturated rings. The van der Waals surface area contributed by atoms with Crippen molar-refractivity contribution in [2.75, 3.05) is 19.6 Å². The van der Waals surface area contributed by atoms with E-state index in [4.69, 9.17) is 32.9 Å². The molecule has 3 aliphatic rings. The fourth-order valence-corrected chi connectivity index (χ4v) is 5.78. The predicted octanol–water partition coefficient (Wildman–Crippen LogP) is 3.79. The van der Waals surface area contributed by atoms with Crippen LogP contribution in [0.25, 0.3) is 0 Å². The lowest BCUT2D eigenvalue weighted by atomic mass is 9.97. The second-order valence-corrected chi connectivity index (χ2v) is 9.34. The van der Waals surface area contributed by atoms with Gasteiger partial charge in [-0.2, -0.15) is 0 Å². The molecule has 0 saturated carbocycles. The number of allylic oxidation sites excluding steroid dienone is 4. The monoisotopic (exact) mass is 607 g/mol. The number of hydrogen-bond donors (Lipinski definition) is 2. The summed E-state index contributed by atoms with van der Waals surface area (Å²) in [6.07, 6.45) is 9.16. The Bertz CT molecular complexity index is 664. The number of rotatable bonds is 0. The molecular formula is C16H17Cl2I2N3O2. The van der Waals surface area contributed by atoms with Gasteiger partial charge >= 0.3 is 0 Å². The van der Waals surface area contributed by atoms with Crippen LogP contribution in [0.5, 0.6) is 0 Å². The molecule has 0 aromatic rings. The molecule has 25 heavy (non-hydrogen) atoms. The van der Waals surface area contributed by atoms with Gasteiger partial charge in [-0.1, -0.05) is 63.6 Å². The van der Waals surface area contributed by atoms with Gasteiger partial charge in [0.2, 0.25) is 0 Å². The van der Waals surface area contributed by atoms with Gasteiger partial charge in [-0.15, -0.1) is 0 Å². The van der Waals surface area contributed by atoms with Gasteiger partial charge in [-0.3, -0.25) is 14.7 Å². The maximum atomic E-state index is 6.33. The van der Waals surface area contributed by atoms with Crippen molar-refractivity contribution in [3.63, 3.8) is 0 Å². The zero-order valence-electron chi connectivity index (χ0n) is 13.1. The second-order valence-electron chi connectivity index (χ2n) is 5.78. The number of nitrogens with one attached hydrogen (secondary N) is 2. The van der Waals surface area contributed by atoms with E-state index in [-0.39, 0.29) is 22.1 Å². The van der Waals surface area contributed by atoms with Crippen LogP contribution in [-0.4, -0.2) is 42.0 Å². The molecule has 4 atom stereocenters. The maximum Gasteiger partial charge on any atom is 0.125 e. The van der Waals surface area contributed by atoms with Crippen LogP contribution < -0.4 is 11.0 Å². The molecular weight excluding hydrogens is 591 g/mol. The Kier molecular flexibility index (Phi) is 7.80. The van der Waals surface area contributed by atoms with Crippen molar-refractivity contribution in [2.45, 2.75) is 16.1 Å². The van der Waals surface area contributed by atoms with Crippen molar-refractivity contribution < 1.29 is 9.68 Å². The van der Waals surface area contributed by atoms with Gasteiger partial charge in [0.1, 0.15) is 12.2 Å². The first-order valence-electron chi connectivity index (χ1n) is 7.79. The highest BCUT2D eigenvalue weighted by molar-refractivity contribution is 14.1. The van der Waals surface area contributed by atoms with Gasteiger partial charge in [0.15, 0.2) is 0 Å². The summed E-state index contributed by atoms with van der Waals surface area (Å²) < 4.78 is 1.33. The van der Waals surface area contributed by atoms with Crippen molar-refractivity contribution in [1.82, 2.24) is 11.0 Å². The van der Waals surface area contributed by atoms with Gasteiger partial charge in [-0.25, -0.2) is 0 Å². The van der Waals surface area contributed by atoms with Crippen LogP contribution in [0, 0.1) is 5.92 Å². The van der Waals surface area contributed by atoms with Crippen molar-refractivity contribution >= 4 is 74.6 Å². The summed E-state index contributed by atoms with van der Waals surface area (Å²) in [6.45, 7) is 2.13. The summed E-state index contributed by atoms with van der Waals surface area (Å²) in [5.41, 5.74) is 3.65. The Morgan fingerprint density at radius 2 is 1.96 bits per heavy atom. The number of halogens is 4. The smallest absolute Gasteiger partial charge is 0.125 e. The largest absolute Gasteiger partial charge is 0.314 e. The minimum Gasteiger partial charge on any atom is -0.314 e. The van der Waals surface area contributed by atoms with Gasteiger partial charge in [0.05, 0.1) is 15.5 Å². The van der Waals surface area contributed by atoms with E-state index in [1.54, 1.807) is 6.08 Å². The van der Waals surface area contributed by atoms with Gasteiger partial charge in [-0.05, 0) is 34.7 Å². The average Bonchev–Trinajstić information content (AvgIpc) is 2.55. The van der Waals surface area contributed by atoms with Crippen LogP contribution in [0.1, 0.15) is 0 Å². The minimum absolute atomic E-state index is 0.00319. The van der Waals surface area contributed by atoms with Crippen LogP contribution in [-0.2, 0) is 9.68 Å². The van der Waals surface area contributed by atoms with E-state index in [2.05, 4.69) is 73.3 Å². The maximum absolute atomic E-state index is 6.33. The Labute approximate surface area is 184 Å². The quantitative estimate of drug-likeness (QED) is 0.325. The first-order chi connectivity index (χ1) is 12.0. The minimum atomic E-state index is -0.363. The summed E-state index contributed by atoms with van der Waals surface area (Å²) >= 11 is 17.1. The van der Waals surface area contributed by atoms with E-state index >= 15 is 0 Å². The second kappa shape index (κ2) is 9.63. The third-order valence-electron chi connectivity index (χ3n) is 3.94. The summed E-state index contributed by atoms with van der Waals surface area (Å²) in [5, 5.41) is 4.53. The molecule has 5 nitrogen and oxygen atoms in total. The number of alkyl halides is 1. The Morgan fingerprint density at radius 3 is 2.80 bits per heavy atom. The molecule has 3 rings (SSSR count). The highest BCUT2D eigenvalue weighted by atomic mass is 127. The van der Waals surface area contributed by atoms with Gasteiger partial charge < -0.3 is 5.32 Å². The van der Waals surface area contributed by atoms with Crippen molar-refractivity contribution in [3.05, 3.63) is 43.5 Å². The van der Waals surface area contributed by atoms with E-state index in [9.17, 15) is 0 Å². The standard InChI is InChI=1S/C16H17Cl2I2N3O2/c17-11-3-9-7-21-1-2-22-8-10-4-12(19)6-14(20)16(10)25-23-24-15(9)13(18)5-11/h3-6,8-9,14-16,21,23H,1-2,7H2/b22-8+. The molecule has 136 valence electrons. The molecule has 0 radical (unpaired) electrons. The lowest BCUT2D eigenvalue weighted by molar-refractivity contribution is -0.209. The lowest BCUT2D eigenvalue weighted by Crippen LogP contribution is -2.40. The lowest BCUT2D eigenvalue weighted by Gasteiger charge is -2.29. The molecule has 0 bridgehead atoms. The first kappa shape index (κ1) is 20.2. The fourth-order valence-electron chi connectivity index (χ4n) is 2.74. The van der Waals surface area contributed by atoms with Crippen LogP contribution in [0.3, 0.4) is 0 Å². The molecule has 0 aromatic carbocycles. The summed E-state index contributed by atoms with van der Waals surface area (Å²) in [5.74, 6) is 0.00319. The summed E-state index contributed by atoms with van der Waals surface area (Å²) in [6, 6.07) is 0. The SMILES string of the molecule is ClC1=CC2CNCC/N=C/C3=CC(I)=CC(I)C3ONOC2C(Cl)=C1.